The minimum atomic E-state index is -0.683. The summed E-state index contributed by atoms with van der Waals surface area (Å²) in [5.74, 6) is -0.00932. The van der Waals surface area contributed by atoms with Crippen molar-refractivity contribution in [3.8, 4) is 5.75 Å². The number of para-hydroxylation sites is 3. The second-order valence-electron chi connectivity index (χ2n) is 7.41. The number of nitrogens with one attached hydrogen (secondary N) is 3. The number of carbonyl (C=O) groups excluding carboxylic acids is 3. The average Bonchev–Trinajstić information content (AvgIpc) is 2.67. The zero-order chi connectivity index (χ0) is 22.0. The van der Waals surface area contributed by atoms with Crippen LogP contribution in [-0.2, 0) is 14.3 Å². The van der Waals surface area contributed by atoms with Crippen molar-refractivity contribution in [1.29, 1.82) is 0 Å². The van der Waals surface area contributed by atoms with E-state index in [4.69, 9.17) is 9.47 Å². The largest absolute Gasteiger partial charge is 0.493 e. The minimum absolute atomic E-state index is 0.150. The van der Waals surface area contributed by atoms with E-state index in [1.54, 1.807) is 45.0 Å². The van der Waals surface area contributed by atoms with Crippen molar-refractivity contribution in [3.63, 3.8) is 0 Å². The minimum Gasteiger partial charge on any atom is -0.493 e. The Morgan fingerprint density at radius 1 is 0.833 bits per heavy atom. The number of hydrogen-bond acceptors (Lipinski definition) is 5. The normalized spacial score (nSPS) is 10.6. The van der Waals surface area contributed by atoms with Crippen molar-refractivity contribution in [1.82, 2.24) is 5.32 Å². The molecule has 2 aromatic carbocycles. The highest BCUT2D eigenvalue weighted by Crippen LogP contribution is 2.21. The number of carbonyl (C=O) groups is 3. The van der Waals surface area contributed by atoms with Crippen molar-refractivity contribution in [2.45, 2.75) is 32.8 Å². The molecule has 0 spiro atoms. The fraction of sp³-hybridized carbons (Fsp3) is 0.318. The Bertz CT molecular complexity index is 863. The molecule has 3 amide bonds. The number of ether oxygens (including phenoxy) is 2. The first-order valence-corrected chi connectivity index (χ1v) is 9.56. The van der Waals surface area contributed by atoms with E-state index in [9.17, 15) is 14.4 Å². The second kappa shape index (κ2) is 10.8. The predicted molar refractivity (Wildman–Crippen MR) is 114 cm³/mol. The van der Waals surface area contributed by atoms with Crippen LogP contribution in [0.1, 0.15) is 27.2 Å². The number of rotatable bonds is 8. The third-order valence-electron chi connectivity index (χ3n) is 3.61. The lowest BCUT2D eigenvalue weighted by atomic mass is 10.2. The zero-order valence-corrected chi connectivity index (χ0v) is 17.4. The molecule has 8 nitrogen and oxygen atoms in total. The van der Waals surface area contributed by atoms with Gasteiger partial charge in [0.1, 0.15) is 17.9 Å². The van der Waals surface area contributed by atoms with Crippen molar-refractivity contribution >= 4 is 29.3 Å². The van der Waals surface area contributed by atoms with E-state index in [0.717, 1.165) is 0 Å². The molecule has 0 radical (unpaired) electrons. The maximum atomic E-state index is 12.2. The van der Waals surface area contributed by atoms with Gasteiger partial charge in [0.25, 0.3) is 0 Å². The summed E-state index contributed by atoms with van der Waals surface area (Å²) in [6, 6.07) is 16.0. The SMILES string of the molecule is CC(C)(C)OC(=O)NCC(=O)Nc1ccccc1NC(=O)CCOc1ccccc1. The van der Waals surface area contributed by atoms with Crippen LogP contribution < -0.4 is 20.7 Å². The summed E-state index contributed by atoms with van der Waals surface area (Å²) in [6.07, 6.45) is -0.533. The monoisotopic (exact) mass is 413 g/mol. The van der Waals surface area contributed by atoms with Crippen LogP contribution in [0.4, 0.5) is 16.2 Å². The van der Waals surface area contributed by atoms with E-state index in [1.165, 1.54) is 0 Å². The second-order valence-corrected chi connectivity index (χ2v) is 7.41. The fourth-order valence-electron chi connectivity index (χ4n) is 2.35. The molecule has 0 unspecified atom stereocenters. The van der Waals surface area contributed by atoms with E-state index < -0.39 is 17.6 Å². The smallest absolute Gasteiger partial charge is 0.408 e. The Morgan fingerprint density at radius 3 is 2.00 bits per heavy atom. The van der Waals surface area contributed by atoms with Crippen LogP contribution in [0.3, 0.4) is 0 Å². The van der Waals surface area contributed by atoms with Gasteiger partial charge in [-0.15, -0.1) is 0 Å². The van der Waals surface area contributed by atoms with Gasteiger partial charge in [-0.1, -0.05) is 30.3 Å². The van der Waals surface area contributed by atoms with Gasteiger partial charge in [0, 0.05) is 0 Å². The van der Waals surface area contributed by atoms with Crippen LogP contribution in [0.25, 0.3) is 0 Å². The van der Waals surface area contributed by atoms with Crippen LogP contribution in [-0.4, -0.2) is 36.7 Å². The van der Waals surface area contributed by atoms with Gasteiger partial charge in [-0.25, -0.2) is 4.79 Å². The average molecular weight is 413 g/mol. The molecule has 30 heavy (non-hydrogen) atoms. The molecule has 3 N–H and O–H groups in total. The Hall–Kier alpha value is -3.55. The van der Waals surface area contributed by atoms with Gasteiger partial charge in [0.05, 0.1) is 24.4 Å². The van der Waals surface area contributed by atoms with Crippen LogP contribution >= 0.6 is 0 Å². The van der Waals surface area contributed by atoms with Gasteiger partial charge in [0.15, 0.2) is 0 Å². The molecule has 0 heterocycles. The summed E-state index contributed by atoms with van der Waals surface area (Å²) in [7, 11) is 0. The third-order valence-corrected chi connectivity index (χ3v) is 3.61. The van der Waals surface area contributed by atoms with Crippen LogP contribution in [0.5, 0.6) is 5.75 Å². The third kappa shape index (κ3) is 8.64. The maximum absolute atomic E-state index is 12.2. The topological polar surface area (TPSA) is 106 Å². The van der Waals surface area contributed by atoms with E-state index in [0.29, 0.717) is 17.1 Å². The van der Waals surface area contributed by atoms with Crippen LogP contribution in [0.2, 0.25) is 0 Å². The molecule has 2 rings (SSSR count). The number of amides is 3. The number of hydrogen-bond donors (Lipinski definition) is 3. The van der Waals surface area contributed by atoms with Gasteiger partial charge in [-0.05, 0) is 45.0 Å². The first kappa shape index (κ1) is 22.7. The number of anilines is 2. The first-order valence-electron chi connectivity index (χ1n) is 9.56. The highest BCUT2D eigenvalue weighted by atomic mass is 16.6. The Labute approximate surface area is 175 Å². The lowest BCUT2D eigenvalue weighted by molar-refractivity contribution is -0.117. The van der Waals surface area contributed by atoms with Crippen molar-refractivity contribution in [3.05, 3.63) is 54.6 Å². The maximum Gasteiger partial charge on any atom is 0.408 e. The Kier molecular flexibility index (Phi) is 8.22. The van der Waals surface area contributed by atoms with Crippen molar-refractivity contribution < 1.29 is 23.9 Å². The highest BCUT2D eigenvalue weighted by Gasteiger charge is 2.17. The number of alkyl carbamates (subject to hydrolysis) is 1. The lowest BCUT2D eigenvalue weighted by Gasteiger charge is -2.19. The molecule has 2 aromatic rings. The highest BCUT2D eigenvalue weighted by molar-refractivity contribution is 6.00. The molecule has 160 valence electrons. The molecule has 0 aliphatic rings. The predicted octanol–water partition coefficient (Wildman–Crippen LogP) is 3.56. The molecule has 0 bridgehead atoms. The molecular formula is C22H27N3O5. The Morgan fingerprint density at radius 2 is 1.40 bits per heavy atom. The summed E-state index contributed by atoms with van der Waals surface area (Å²) < 4.78 is 10.6. The molecular weight excluding hydrogens is 386 g/mol. The number of benzene rings is 2. The molecule has 0 fully saturated rings. The Balaban J connectivity index is 1.82. The zero-order valence-electron chi connectivity index (χ0n) is 17.4. The fourth-order valence-corrected chi connectivity index (χ4v) is 2.35. The molecule has 0 saturated heterocycles. The first-order chi connectivity index (χ1) is 14.2. The van der Waals surface area contributed by atoms with Gasteiger partial charge in [-0.3, -0.25) is 9.59 Å². The molecule has 0 aliphatic carbocycles. The molecule has 0 atom stereocenters. The van der Waals surface area contributed by atoms with Gasteiger partial charge >= 0.3 is 6.09 Å². The summed E-state index contributed by atoms with van der Waals surface area (Å²) in [6.45, 7) is 5.16. The summed E-state index contributed by atoms with van der Waals surface area (Å²) in [5, 5.41) is 7.80. The van der Waals surface area contributed by atoms with Gasteiger partial charge in [-0.2, -0.15) is 0 Å². The van der Waals surface area contributed by atoms with E-state index in [1.807, 2.05) is 30.3 Å². The summed E-state index contributed by atoms with van der Waals surface area (Å²) in [5.41, 5.74) is 0.223. The summed E-state index contributed by atoms with van der Waals surface area (Å²) in [4.78, 5) is 36.0. The molecule has 8 heteroatoms. The van der Waals surface area contributed by atoms with Crippen molar-refractivity contribution in [2.75, 3.05) is 23.8 Å². The molecule has 0 saturated carbocycles. The lowest BCUT2D eigenvalue weighted by Crippen LogP contribution is -2.37. The van der Waals surface area contributed by atoms with E-state index in [-0.39, 0.29) is 25.5 Å². The quantitative estimate of drug-likeness (QED) is 0.614. The van der Waals surface area contributed by atoms with E-state index in [2.05, 4.69) is 16.0 Å². The molecule has 0 aromatic heterocycles. The van der Waals surface area contributed by atoms with Crippen LogP contribution in [0.15, 0.2) is 54.6 Å². The summed E-state index contributed by atoms with van der Waals surface area (Å²) >= 11 is 0. The van der Waals surface area contributed by atoms with Crippen LogP contribution in [0, 0.1) is 0 Å². The van der Waals surface area contributed by atoms with Gasteiger partial charge in [0.2, 0.25) is 11.8 Å². The van der Waals surface area contributed by atoms with E-state index >= 15 is 0 Å². The van der Waals surface area contributed by atoms with Gasteiger partial charge < -0.3 is 25.4 Å². The molecule has 0 aliphatic heterocycles. The van der Waals surface area contributed by atoms with Crippen molar-refractivity contribution in [2.24, 2.45) is 0 Å². The standard InChI is InChI=1S/C22H27N3O5/c1-22(2,3)30-21(28)23-15-20(27)25-18-12-8-7-11-17(18)24-19(26)13-14-29-16-9-5-4-6-10-16/h4-12H,13-15H2,1-3H3,(H,23,28)(H,24,26)(H,25,27).